The maximum atomic E-state index is 6.06. The molecular weight excluding hydrogens is 352 g/mol. The van der Waals surface area contributed by atoms with Crippen LogP contribution in [0.3, 0.4) is 0 Å². The molecule has 2 fully saturated rings. The van der Waals surface area contributed by atoms with Crippen molar-refractivity contribution < 1.29 is 18.9 Å². The summed E-state index contributed by atoms with van der Waals surface area (Å²) in [6.07, 6.45) is 0. The number of hydrogen-bond acceptors (Lipinski definition) is 4. The SMILES string of the molecule is Cc1cc(-c2cc(C)c(OCC3(C)CO3)c(C)c2)cc(C)c1OCC1(C)CO1. The van der Waals surface area contributed by atoms with Gasteiger partial charge in [-0.1, -0.05) is 0 Å². The van der Waals surface area contributed by atoms with Crippen LogP contribution in [0.5, 0.6) is 11.5 Å². The van der Waals surface area contributed by atoms with E-state index in [1.54, 1.807) is 0 Å². The average Bonchev–Trinajstić information content (AvgIpc) is 3.53. The van der Waals surface area contributed by atoms with Crippen LogP contribution in [0.1, 0.15) is 36.1 Å². The number of epoxide rings is 2. The summed E-state index contributed by atoms with van der Waals surface area (Å²) in [5, 5.41) is 0. The van der Waals surface area contributed by atoms with E-state index in [4.69, 9.17) is 18.9 Å². The van der Waals surface area contributed by atoms with Crippen LogP contribution in [0.25, 0.3) is 11.1 Å². The Bertz CT molecular complexity index is 785. The fourth-order valence-corrected chi connectivity index (χ4v) is 3.55. The van der Waals surface area contributed by atoms with E-state index in [2.05, 4.69) is 65.8 Å². The van der Waals surface area contributed by atoms with Crippen molar-refractivity contribution in [3.05, 3.63) is 46.5 Å². The van der Waals surface area contributed by atoms with Gasteiger partial charge in [0.15, 0.2) is 0 Å². The van der Waals surface area contributed by atoms with E-state index >= 15 is 0 Å². The molecule has 2 unspecified atom stereocenters. The van der Waals surface area contributed by atoms with Gasteiger partial charge in [-0.2, -0.15) is 0 Å². The summed E-state index contributed by atoms with van der Waals surface area (Å²) in [6, 6.07) is 8.80. The van der Waals surface area contributed by atoms with Crippen molar-refractivity contribution in [2.45, 2.75) is 52.7 Å². The summed E-state index contributed by atoms with van der Waals surface area (Å²) in [6.45, 7) is 15.3. The average molecular weight is 383 g/mol. The summed E-state index contributed by atoms with van der Waals surface area (Å²) >= 11 is 0. The molecule has 2 saturated heterocycles. The van der Waals surface area contributed by atoms with Gasteiger partial charge >= 0.3 is 0 Å². The van der Waals surface area contributed by atoms with Gasteiger partial charge in [-0.05, 0) is 99.2 Å². The normalized spacial score (nSPS) is 25.5. The van der Waals surface area contributed by atoms with E-state index in [0.29, 0.717) is 13.2 Å². The second kappa shape index (κ2) is 6.78. The zero-order valence-corrected chi connectivity index (χ0v) is 17.8. The van der Waals surface area contributed by atoms with Gasteiger partial charge in [-0.25, -0.2) is 0 Å². The van der Waals surface area contributed by atoms with Crippen LogP contribution in [0.15, 0.2) is 24.3 Å². The third-order valence-corrected chi connectivity index (χ3v) is 5.57. The molecular formula is C24H30O4. The van der Waals surface area contributed by atoms with E-state index in [1.165, 1.54) is 11.1 Å². The number of ether oxygens (including phenoxy) is 4. The highest BCUT2D eigenvalue weighted by atomic mass is 16.6. The van der Waals surface area contributed by atoms with Gasteiger partial charge in [0.2, 0.25) is 0 Å². The molecule has 4 heteroatoms. The van der Waals surface area contributed by atoms with Crippen molar-refractivity contribution in [2.75, 3.05) is 26.4 Å². The molecule has 28 heavy (non-hydrogen) atoms. The molecule has 150 valence electrons. The lowest BCUT2D eigenvalue weighted by atomic mass is 9.96. The second-order valence-electron chi connectivity index (χ2n) is 8.93. The molecule has 0 spiro atoms. The third kappa shape index (κ3) is 4.03. The topological polar surface area (TPSA) is 43.5 Å². The molecule has 4 nitrogen and oxygen atoms in total. The summed E-state index contributed by atoms with van der Waals surface area (Å²) in [7, 11) is 0. The van der Waals surface area contributed by atoms with Gasteiger partial charge in [0.1, 0.15) is 35.9 Å². The Hall–Kier alpha value is -2.04. The first-order valence-electron chi connectivity index (χ1n) is 9.94. The van der Waals surface area contributed by atoms with Crippen LogP contribution in [-0.2, 0) is 9.47 Å². The maximum Gasteiger partial charge on any atom is 0.125 e. The van der Waals surface area contributed by atoms with Gasteiger partial charge in [0.25, 0.3) is 0 Å². The molecule has 2 atom stereocenters. The standard InChI is InChI=1S/C24H30O4/c1-15-7-19(8-16(2)21(15)25-11-23(5)13-27-23)20-9-17(3)22(18(4)10-20)26-12-24(6)14-28-24/h7-10H,11-14H2,1-6H3. The van der Waals surface area contributed by atoms with Gasteiger partial charge in [0, 0.05) is 0 Å². The summed E-state index contributed by atoms with van der Waals surface area (Å²) < 4.78 is 23.0. The lowest BCUT2D eigenvalue weighted by Gasteiger charge is -2.18. The molecule has 0 aromatic heterocycles. The molecule has 2 aliphatic heterocycles. The smallest absolute Gasteiger partial charge is 0.125 e. The minimum atomic E-state index is -0.107. The van der Waals surface area contributed by atoms with Gasteiger partial charge in [-0.3, -0.25) is 0 Å². The molecule has 2 aliphatic rings. The first kappa shape index (κ1) is 19.3. The highest BCUT2D eigenvalue weighted by molar-refractivity contribution is 5.70. The van der Waals surface area contributed by atoms with Crippen molar-refractivity contribution in [1.29, 1.82) is 0 Å². The largest absolute Gasteiger partial charge is 0.490 e. The van der Waals surface area contributed by atoms with E-state index in [-0.39, 0.29) is 11.2 Å². The van der Waals surface area contributed by atoms with Crippen molar-refractivity contribution in [3.63, 3.8) is 0 Å². The van der Waals surface area contributed by atoms with Crippen molar-refractivity contribution in [3.8, 4) is 22.6 Å². The Morgan fingerprint density at radius 3 is 1.21 bits per heavy atom. The Kier molecular flexibility index (Phi) is 4.67. The number of benzene rings is 2. The molecule has 4 rings (SSSR count). The highest BCUT2D eigenvalue weighted by Crippen LogP contribution is 2.36. The molecule has 2 heterocycles. The Labute approximate surface area is 167 Å². The minimum Gasteiger partial charge on any atom is -0.490 e. The fraction of sp³-hybridized carbons (Fsp3) is 0.500. The highest BCUT2D eigenvalue weighted by Gasteiger charge is 2.41. The van der Waals surface area contributed by atoms with Crippen molar-refractivity contribution in [2.24, 2.45) is 0 Å². The Balaban J connectivity index is 1.56. The fourth-order valence-electron chi connectivity index (χ4n) is 3.55. The molecule has 0 radical (unpaired) electrons. The lowest BCUT2D eigenvalue weighted by Crippen LogP contribution is -2.18. The number of hydrogen-bond donors (Lipinski definition) is 0. The summed E-state index contributed by atoms with van der Waals surface area (Å²) in [5.41, 5.74) is 6.77. The second-order valence-corrected chi connectivity index (χ2v) is 8.93. The molecule has 0 bridgehead atoms. The Morgan fingerprint density at radius 1 is 0.679 bits per heavy atom. The van der Waals surface area contributed by atoms with E-state index in [1.807, 2.05) is 0 Å². The monoisotopic (exact) mass is 382 g/mol. The zero-order valence-electron chi connectivity index (χ0n) is 17.8. The quantitative estimate of drug-likeness (QED) is 0.638. The van der Waals surface area contributed by atoms with Gasteiger partial charge in [0.05, 0.1) is 13.2 Å². The first-order valence-corrected chi connectivity index (χ1v) is 9.94. The maximum absolute atomic E-state index is 6.06. The van der Waals surface area contributed by atoms with Crippen molar-refractivity contribution >= 4 is 0 Å². The number of rotatable bonds is 7. The molecule has 0 aliphatic carbocycles. The summed E-state index contributed by atoms with van der Waals surface area (Å²) in [5.74, 6) is 1.93. The van der Waals surface area contributed by atoms with Crippen LogP contribution in [0.2, 0.25) is 0 Å². The molecule has 0 N–H and O–H groups in total. The van der Waals surface area contributed by atoms with Crippen LogP contribution in [0, 0.1) is 27.7 Å². The van der Waals surface area contributed by atoms with Crippen LogP contribution in [-0.4, -0.2) is 37.6 Å². The van der Waals surface area contributed by atoms with E-state index in [0.717, 1.165) is 47.0 Å². The van der Waals surface area contributed by atoms with Crippen LogP contribution < -0.4 is 9.47 Å². The molecule has 0 amide bonds. The molecule has 2 aromatic carbocycles. The van der Waals surface area contributed by atoms with Gasteiger partial charge < -0.3 is 18.9 Å². The number of aryl methyl sites for hydroxylation is 4. The van der Waals surface area contributed by atoms with Crippen molar-refractivity contribution in [1.82, 2.24) is 0 Å². The predicted octanol–water partition coefficient (Wildman–Crippen LogP) is 4.92. The van der Waals surface area contributed by atoms with E-state index in [9.17, 15) is 0 Å². The van der Waals surface area contributed by atoms with Crippen LogP contribution in [0.4, 0.5) is 0 Å². The van der Waals surface area contributed by atoms with Crippen LogP contribution >= 0.6 is 0 Å². The zero-order chi connectivity index (χ0) is 20.1. The molecule has 0 saturated carbocycles. The predicted molar refractivity (Wildman–Crippen MR) is 111 cm³/mol. The van der Waals surface area contributed by atoms with Gasteiger partial charge in [-0.15, -0.1) is 0 Å². The first-order chi connectivity index (χ1) is 13.2. The third-order valence-electron chi connectivity index (χ3n) is 5.57. The Morgan fingerprint density at radius 2 is 0.964 bits per heavy atom. The molecule has 2 aromatic rings. The van der Waals surface area contributed by atoms with E-state index < -0.39 is 0 Å². The minimum absolute atomic E-state index is 0.107. The lowest BCUT2D eigenvalue weighted by molar-refractivity contribution is 0.201. The summed E-state index contributed by atoms with van der Waals surface area (Å²) in [4.78, 5) is 0.